The number of hydrogen-bond acceptors (Lipinski definition) is 3. The van der Waals surface area contributed by atoms with E-state index >= 15 is 0 Å². The first-order valence-electron chi connectivity index (χ1n) is 9.23. The standard InChI is InChI=1S/C20H33BrN2O/c1-16(2)5-6-17(3)22-11-13-23(14-12-22)20(4,15-24)18-7-9-19(21)10-8-18/h7-10,16-17,24H,5-6,11-15H2,1-4H3. The first-order chi connectivity index (χ1) is 11.4. The number of benzene rings is 1. The third kappa shape index (κ3) is 4.81. The van der Waals surface area contributed by atoms with E-state index in [0.29, 0.717) is 6.04 Å². The molecule has 4 heteroatoms. The lowest BCUT2D eigenvalue weighted by Crippen LogP contribution is -2.57. The molecule has 1 saturated heterocycles. The molecule has 1 fully saturated rings. The molecule has 1 aliphatic heterocycles. The minimum Gasteiger partial charge on any atom is -0.394 e. The van der Waals surface area contributed by atoms with Crippen LogP contribution in [0.25, 0.3) is 0 Å². The lowest BCUT2D eigenvalue weighted by atomic mass is 9.90. The molecule has 1 aromatic carbocycles. The molecular formula is C20H33BrN2O. The highest BCUT2D eigenvalue weighted by Crippen LogP contribution is 2.30. The van der Waals surface area contributed by atoms with Crippen molar-refractivity contribution in [1.29, 1.82) is 0 Å². The van der Waals surface area contributed by atoms with Crippen LogP contribution in [-0.4, -0.2) is 53.7 Å². The monoisotopic (exact) mass is 396 g/mol. The van der Waals surface area contributed by atoms with Gasteiger partial charge in [0.2, 0.25) is 0 Å². The zero-order chi connectivity index (χ0) is 17.7. The summed E-state index contributed by atoms with van der Waals surface area (Å²) in [5.41, 5.74) is 0.892. The smallest absolute Gasteiger partial charge is 0.0666 e. The summed E-state index contributed by atoms with van der Waals surface area (Å²) < 4.78 is 1.08. The van der Waals surface area contributed by atoms with Crippen LogP contribution in [0.2, 0.25) is 0 Å². The van der Waals surface area contributed by atoms with Crippen molar-refractivity contribution in [2.45, 2.75) is 52.1 Å². The van der Waals surface area contributed by atoms with Gasteiger partial charge in [0.05, 0.1) is 12.1 Å². The molecule has 3 nitrogen and oxygen atoms in total. The molecule has 136 valence electrons. The van der Waals surface area contributed by atoms with E-state index in [9.17, 15) is 5.11 Å². The van der Waals surface area contributed by atoms with Crippen LogP contribution < -0.4 is 0 Å². The molecule has 0 aromatic heterocycles. The molecular weight excluding hydrogens is 364 g/mol. The quantitative estimate of drug-likeness (QED) is 0.751. The summed E-state index contributed by atoms with van der Waals surface area (Å²) >= 11 is 3.50. The summed E-state index contributed by atoms with van der Waals surface area (Å²) in [6.45, 7) is 13.5. The van der Waals surface area contributed by atoms with Crippen molar-refractivity contribution >= 4 is 15.9 Å². The van der Waals surface area contributed by atoms with Gasteiger partial charge in [0.15, 0.2) is 0 Å². The van der Waals surface area contributed by atoms with Gasteiger partial charge < -0.3 is 5.11 Å². The summed E-state index contributed by atoms with van der Waals surface area (Å²) in [6, 6.07) is 9.03. The second-order valence-electron chi connectivity index (χ2n) is 7.78. The lowest BCUT2D eigenvalue weighted by Gasteiger charge is -2.46. The number of piperazine rings is 1. The normalized spacial score (nSPS) is 21.0. The predicted octanol–water partition coefficient (Wildman–Crippen LogP) is 4.10. The van der Waals surface area contributed by atoms with Crippen molar-refractivity contribution < 1.29 is 5.11 Å². The fourth-order valence-corrected chi connectivity index (χ4v) is 3.86. The fourth-order valence-electron chi connectivity index (χ4n) is 3.60. The summed E-state index contributed by atoms with van der Waals surface area (Å²) in [6.07, 6.45) is 2.58. The van der Waals surface area contributed by atoms with Gasteiger partial charge in [-0.05, 0) is 50.3 Å². The fraction of sp³-hybridized carbons (Fsp3) is 0.700. The maximum atomic E-state index is 10.1. The van der Waals surface area contributed by atoms with Crippen LogP contribution in [0.1, 0.15) is 46.1 Å². The Morgan fingerprint density at radius 1 is 1.04 bits per heavy atom. The van der Waals surface area contributed by atoms with Gasteiger partial charge in [0.25, 0.3) is 0 Å². The predicted molar refractivity (Wildman–Crippen MR) is 105 cm³/mol. The Bertz CT molecular complexity index is 497. The lowest BCUT2D eigenvalue weighted by molar-refractivity contribution is -0.00687. The summed E-state index contributed by atoms with van der Waals surface area (Å²) in [5.74, 6) is 0.781. The number of halogens is 1. The van der Waals surface area contributed by atoms with Crippen LogP contribution in [-0.2, 0) is 5.54 Å². The molecule has 0 radical (unpaired) electrons. The van der Waals surface area contributed by atoms with Crippen molar-refractivity contribution in [2.24, 2.45) is 5.92 Å². The molecule has 2 atom stereocenters. The molecule has 1 heterocycles. The third-order valence-electron chi connectivity index (χ3n) is 5.57. The van der Waals surface area contributed by atoms with Crippen LogP contribution in [0, 0.1) is 5.92 Å². The highest BCUT2D eigenvalue weighted by molar-refractivity contribution is 9.10. The van der Waals surface area contributed by atoms with E-state index in [1.165, 1.54) is 18.4 Å². The number of nitrogens with zero attached hydrogens (tertiary/aromatic N) is 2. The first-order valence-corrected chi connectivity index (χ1v) is 10.0. The van der Waals surface area contributed by atoms with Crippen molar-refractivity contribution in [3.05, 3.63) is 34.3 Å². The second kappa shape index (κ2) is 8.79. The molecule has 0 amide bonds. The summed E-state index contributed by atoms with van der Waals surface area (Å²) in [4.78, 5) is 5.06. The van der Waals surface area contributed by atoms with E-state index in [4.69, 9.17) is 0 Å². The van der Waals surface area contributed by atoms with Crippen molar-refractivity contribution in [3.8, 4) is 0 Å². The van der Waals surface area contributed by atoms with E-state index in [-0.39, 0.29) is 12.1 Å². The summed E-state index contributed by atoms with van der Waals surface area (Å²) in [7, 11) is 0. The summed E-state index contributed by atoms with van der Waals surface area (Å²) in [5, 5.41) is 10.1. The second-order valence-corrected chi connectivity index (χ2v) is 8.70. The van der Waals surface area contributed by atoms with Gasteiger partial charge in [-0.2, -0.15) is 0 Å². The Balaban J connectivity index is 1.97. The Morgan fingerprint density at radius 2 is 1.62 bits per heavy atom. The molecule has 0 bridgehead atoms. The largest absolute Gasteiger partial charge is 0.394 e. The van der Waals surface area contributed by atoms with E-state index in [1.807, 2.05) is 0 Å². The minimum absolute atomic E-state index is 0.150. The van der Waals surface area contributed by atoms with Gasteiger partial charge in [0.1, 0.15) is 0 Å². The van der Waals surface area contributed by atoms with Gasteiger partial charge in [0, 0.05) is 36.7 Å². The van der Waals surface area contributed by atoms with Crippen LogP contribution >= 0.6 is 15.9 Å². The topological polar surface area (TPSA) is 26.7 Å². The van der Waals surface area contributed by atoms with Crippen LogP contribution in [0.4, 0.5) is 0 Å². The molecule has 1 N–H and O–H groups in total. The van der Waals surface area contributed by atoms with E-state index < -0.39 is 0 Å². The average Bonchev–Trinajstić information content (AvgIpc) is 2.59. The van der Waals surface area contributed by atoms with E-state index in [1.54, 1.807) is 0 Å². The maximum absolute atomic E-state index is 10.1. The maximum Gasteiger partial charge on any atom is 0.0666 e. The zero-order valence-corrected chi connectivity index (χ0v) is 17.2. The van der Waals surface area contributed by atoms with Crippen LogP contribution in [0.3, 0.4) is 0 Å². The number of rotatable bonds is 7. The number of aliphatic hydroxyl groups excluding tert-OH is 1. The molecule has 1 aromatic rings. The molecule has 0 aliphatic carbocycles. The zero-order valence-electron chi connectivity index (χ0n) is 15.6. The van der Waals surface area contributed by atoms with Gasteiger partial charge in [-0.25, -0.2) is 0 Å². The van der Waals surface area contributed by atoms with Crippen molar-refractivity contribution in [3.63, 3.8) is 0 Å². The van der Waals surface area contributed by atoms with Gasteiger partial charge in [-0.15, -0.1) is 0 Å². The Kier molecular flexibility index (Phi) is 7.29. The number of hydrogen-bond donors (Lipinski definition) is 1. The first kappa shape index (κ1) is 19.9. The van der Waals surface area contributed by atoms with E-state index in [0.717, 1.165) is 36.6 Å². The molecule has 2 rings (SSSR count). The molecule has 0 spiro atoms. The molecule has 24 heavy (non-hydrogen) atoms. The van der Waals surface area contributed by atoms with Gasteiger partial charge >= 0.3 is 0 Å². The van der Waals surface area contributed by atoms with Gasteiger partial charge in [-0.1, -0.05) is 41.9 Å². The van der Waals surface area contributed by atoms with E-state index in [2.05, 4.69) is 77.7 Å². The Hall–Kier alpha value is -0.420. The Labute approximate surface area is 156 Å². The minimum atomic E-state index is -0.298. The Morgan fingerprint density at radius 3 is 2.12 bits per heavy atom. The highest BCUT2D eigenvalue weighted by atomic mass is 79.9. The SMILES string of the molecule is CC(C)CCC(C)N1CCN(C(C)(CO)c2ccc(Br)cc2)CC1. The number of aliphatic hydroxyl groups is 1. The van der Waals surface area contributed by atoms with Crippen molar-refractivity contribution in [2.75, 3.05) is 32.8 Å². The van der Waals surface area contributed by atoms with Gasteiger partial charge in [-0.3, -0.25) is 9.80 Å². The third-order valence-corrected chi connectivity index (χ3v) is 6.10. The van der Waals surface area contributed by atoms with Crippen molar-refractivity contribution in [1.82, 2.24) is 9.80 Å². The molecule has 0 saturated carbocycles. The van der Waals surface area contributed by atoms with Crippen LogP contribution in [0.15, 0.2) is 28.7 Å². The molecule has 1 aliphatic rings. The molecule has 2 unspecified atom stereocenters. The average molecular weight is 397 g/mol. The van der Waals surface area contributed by atoms with Crippen LogP contribution in [0.5, 0.6) is 0 Å². The highest BCUT2D eigenvalue weighted by Gasteiger charge is 2.35.